The standard InChI is InChI=1S/C23H17Br2N3OS/c1-30-21-14-23(16-8-12-18(25)13-9-16)28(20-5-3-2-4-19(20)26-21)22(27-29-23)15-6-10-17(24)11-7-15/h2-13H,14H2,1H3. The molecule has 0 bridgehead atoms. The van der Waals surface area contributed by atoms with Crippen LogP contribution in [0.15, 0.2) is 91.9 Å². The lowest BCUT2D eigenvalue weighted by Crippen LogP contribution is -2.47. The van der Waals surface area contributed by atoms with Crippen LogP contribution in [0.2, 0.25) is 0 Å². The number of para-hydroxylation sites is 2. The molecule has 0 radical (unpaired) electrons. The fourth-order valence-corrected chi connectivity index (χ4v) is 4.87. The summed E-state index contributed by atoms with van der Waals surface area (Å²) in [6.07, 6.45) is 2.64. The van der Waals surface area contributed by atoms with Crippen LogP contribution in [-0.2, 0) is 10.6 Å². The molecule has 2 aliphatic rings. The van der Waals surface area contributed by atoms with Gasteiger partial charge in [0.2, 0.25) is 5.72 Å². The van der Waals surface area contributed by atoms with Gasteiger partial charge in [0.15, 0.2) is 5.84 Å². The van der Waals surface area contributed by atoms with Crippen molar-refractivity contribution in [2.45, 2.75) is 12.1 Å². The first-order valence-corrected chi connectivity index (χ1v) is 12.2. The van der Waals surface area contributed by atoms with Crippen molar-refractivity contribution in [2.24, 2.45) is 10.1 Å². The van der Waals surface area contributed by atoms with Crippen LogP contribution < -0.4 is 4.90 Å². The van der Waals surface area contributed by atoms with E-state index < -0.39 is 5.72 Å². The quantitative estimate of drug-likeness (QED) is 0.348. The second-order valence-electron chi connectivity index (χ2n) is 7.01. The first-order chi connectivity index (χ1) is 14.6. The summed E-state index contributed by atoms with van der Waals surface area (Å²) < 4.78 is 2.04. The maximum absolute atomic E-state index is 6.33. The van der Waals surface area contributed by atoms with Crippen molar-refractivity contribution in [3.63, 3.8) is 0 Å². The zero-order valence-electron chi connectivity index (χ0n) is 16.0. The van der Waals surface area contributed by atoms with Crippen LogP contribution in [0.25, 0.3) is 0 Å². The van der Waals surface area contributed by atoms with Crippen molar-refractivity contribution in [1.82, 2.24) is 0 Å². The molecule has 2 heterocycles. The zero-order chi connectivity index (χ0) is 20.7. The molecule has 1 unspecified atom stereocenters. The van der Waals surface area contributed by atoms with E-state index in [4.69, 9.17) is 9.83 Å². The Morgan fingerprint density at radius 1 is 0.933 bits per heavy atom. The molecular weight excluding hydrogens is 526 g/mol. The number of halogens is 2. The summed E-state index contributed by atoms with van der Waals surface area (Å²) in [5.41, 5.74) is 3.09. The van der Waals surface area contributed by atoms with Gasteiger partial charge in [0, 0.05) is 20.1 Å². The van der Waals surface area contributed by atoms with Crippen molar-refractivity contribution >= 4 is 65.9 Å². The lowest BCUT2D eigenvalue weighted by Gasteiger charge is -2.37. The number of aliphatic imine (C=N–C) groups is 1. The van der Waals surface area contributed by atoms with Crippen molar-refractivity contribution in [2.75, 3.05) is 11.2 Å². The largest absolute Gasteiger partial charge is 0.359 e. The third-order valence-corrected chi connectivity index (χ3v) is 7.01. The van der Waals surface area contributed by atoms with E-state index in [0.717, 1.165) is 42.3 Å². The van der Waals surface area contributed by atoms with Crippen LogP contribution in [0.1, 0.15) is 17.5 Å². The molecule has 0 aliphatic carbocycles. The first-order valence-electron chi connectivity index (χ1n) is 9.40. The molecule has 7 heteroatoms. The Balaban J connectivity index is 1.75. The zero-order valence-corrected chi connectivity index (χ0v) is 20.0. The SMILES string of the molecule is CSC1=Nc2ccccc2N2C(c3ccc(Br)cc3)=NOC2(c2ccc(Br)cc2)C1. The molecule has 1 atom stereocenters. The summed E-state index contributed by atoms with van der Waals surface area (Å²) in [6, 6.07) is 24.6. The monoisotopic (exact) mass is 541 g/mol. The van der Waals surface area contributed by atoms with Crippen LogP contribution >= 0.6 is 43.6 Å². The number of hydrogen-bond donors (Lipinski definition) is 0. The molecule has 4 nitrogen and oxygen atoms in total. The lowest BCUT2D eigenvalue weighted by atomic mass is 9.96. The summed E-state index contributed by atoms with van der Waals surface area (Å²) in [5.74, 6) is 0.774. The molecule has 0 aromatic heterocycles. The number of rotatable bonds is 2. The van der Waals surface area contributed by atoms with Crippen molar-refractivity contribution < 1.29 is 4.84 Å². The van der Waals surface area contributed by atoms with Gasteiger partial charge in [-0.3, -0.25) is 4.90 Å². The number of thioether (sulfide) groups is 1. The van der Waals surface area contributed by atoms with Crippen molar-refractivity contribution in [3.05, 3.63) is 92.9 Å². The van der Waals surface area contributed by atoms with E-state index >= 15 is 0 Å². The average Bonchev–Trinajstić information content (AvgIpc) is 3.07. The van der Waals surface area contributed by atoms with Gasteiger partial charge in [-0.25, -0.2) is 4.99 Å². The minimum absolute atomic E-state index is 0.591. The van der Waals surface area contributed by atoms with Gasteiger partial charge >= 0.3 is 0 Å². The Hall–Kier alpha value is -2.09. The minimum Gasteiger partial charge on any atom is -0.359 e. The Kier molecular flexibility index (Phi) is 5.21. The fraction of sp³-hybridized carbons (Fsp3) is 0.130. The molecule has 150 valence electrons. The second-order valence-corrected chi connectivity index (χ2v) is 9.73. The third kappa shape index (κ3) is 3.29. The van der Waals surface area contributed by atoms with Gasteiger partial charge in [-0.15, -0.1) is 11.8 Å². The molecule has 0 N–H and O–H groups in total. The molecule has 5 rings (SSSR count). The van der Waals surface area contributed by atoms with Gasteiger partial charge in [-0.05, 0) is 42.7 Å². The summed E-state index contributed by atoms with van der Waals surface area (Å²) in [4.78, 5) is 13.5. The Bertz CT molecular complexity index is 1160. The number of oxime groups is 1. The van der Waals surface area contributed by atoms with E-state index in [2.05, 4.69) is 66.4 Å². The lowest BCUT2D eigenvalue weighted by molar-refractivity contribution is -0.0148. The molecular formula is C23H17Br2N3OS. The van der Waals surface area contributed by atoms with E-state index in [1.807, 2.05) is 54.6 Å². The molecule has 0 amide bonds. The predicted octanol–water partition coefficient (Wildman–Crippen LogP) is 7.06. The summed E-state index contributed by atoms with van der Waals surface area (Å²) in [7, 11) is 0. The highest BCUT2D eigenvalue weighted by Gasteiger charge is 2.51. The Morgan fingerprint density at radius 3 is 2.30 bits per heavy atom. The number of benzene rings is 3. The van der Waals surface area contributed by atoms with Gasteiger partial charge in [-0.2, -0.15) is 0 Å². The highest BCUT2D eigenvalue weighted by Crippen LogP contribution is 2.49. The van der Waals surface area contributed by atoms with Gasteiger partial charge in [0.05, 0.1) is 22.8 Å². The maximum atomic E-state index is 6.33. The summed E-state index contributed by atoms with van der Waals surface area (Å²) in [6.45, 7) is 0. The van der Waals surface area contributed by atoms with E-state index in [-0.39, 0.29) is 0 Å². The first kappa shape index (κ1) is 19.8. The number of amidine groups is 1. The molecule has 3 aromatic carbocycles. The number of fused-ring (bicyclic) bond motifs is 3. The Labute approximate surface area is 196 Å². The van der Waals surface area contributed by atoms with E-state index in [9.17, 15) is 0 Å². The topological polar surface area (TPSA) is 37.2 Å². The third-order valence-electron chi connectivity index (χ3n) is 5.25. The van der Waals surface area contributed by atoms with Gasteiger partial charge in [0.1, 0.15) is 0 Å². The van der Waals surface area contributed by atoms with E-state index in [1.54, 1.807) is 11.8 Å². The van der Waals surface area contributed by atoms with Crippen LogP contribution in [0.4, 0.5) is 11.4 Å². The van der Waals surface area contributed by atoms with Crippen LogP contribution in [0, 0.1) is 0 Å². The highest BCUT2D eigenvalue weighted by molar-refractivity contribution is 9.10. The summed E-state index contributed by atoms with van der Waals surface area (Å²) in [5, 5.41) is 5.61. The van der Waals surface area contributed by atoms with Crippen LogP contribution in [-0.4, -0.2) is 17.1 Å². The van der Waals surface area contributed by atoms with Crippen molar-refractivity contribution in [3.8, 4) is 0 Å². The fourth-order valence-electron chi connectivity index (χ4n) is 3.81. The van der Waals surface area contributed by atoms with E-state index in [0.29, 0.717) is 6.42 Å². The molecule has 0 saturated carbocycles. The molecule has 0 saturated heterocycles. The van der Waals surface area contributed by atoms with Crippen molar-refractivity contribution in [1.29, 1.82) is 0 Å². The average molecular weight is 543 g/mol. The smallest absolute Gasteiger partial charge is 0.247 e. The summed E-state index contributed by atoms with van der Waals surface area (Å²) >= 11 is 8.71. The van der Waals surface area contributed by atoms with Crippen LogP contribution in [0.3, 0.4) is 0 Å². The molecule has 0 fully saturated rings. The second kappa shape index (κ2) is 7.87. The van der Waals surface area contributed by atoms with Crippen LogP contribution in [0.5, 0.6) is 0 Å². The number of nitrogens with zero attached hydrogens (tertiary/aromatic N) is 3. The minimum atomic E-state index is -0.808. The van der Waals surface area contributed by atoms with Gasteiger partial charge < -0.3 is 4.84 Å². The maximum Gasteiger partial charge on any atom is 0.247 e. The molecule has 2 aliphatic heterocycles. The molecule has 3 aromatic rings. The Morgan fingerprint density at radius 2 is 1.60 bits per heavy atom. The molecule has 0 spiro atoms. The predicted molar refractivity (Wildman–Crippen MR) is 132 cm³/mol. The van der Waals surface area contributed by atoms with E-state index in [1.165, 1.54) is 0 Å². The number of anilines is 1. The van der Waals surface area contributed by atoms with Gasteiger partial charge in [-0.1, -0.05) is 73.4 Å². The molecule has 30 heavy (non-hydrogen) atoms. The number of hydrogen-bond acceptors (Lipinski definition) is 5. The normalized spacial score (nSPS) is 19.9. The highest BCUT2D eigenvalue weighted by atomic mass is 79.9. The van der Waals surface area contributed by atoms with Gasteiger partial charge in [0.25, 0.3) is 0 Å².